The molecular formula is C18H29NO. The summed E-state index contributed by atoms with van der Waals surface area (Å²) in [5.74, 6) is 3.04. The number of aryl methyl sites for hydroxylation is 1. The largest absolute Gasteiger partial charge is 0.494 e. The van der Waals surface area contributed by atoms with Crippen LogP contribution >= 0.6 is 0 Å². The van der Waals surface area contributed by atoms with E-state index in [0.717, 1.165) is 30.7 Å². The van der Waals surface area contributed by atoms with E-state index in [9.17, 15) is 0 Å². The summed E-state index contributed by atoms with van der Waals surface area (Å²) < 4.78 is 5.64. The van der Waals surface area contributed by atoms with Gasteiger partial charge in [0, 0.05) is 0 Å². The minimum absolute atomic E-state index is 0.500. The van der Waals surface area contributed by atoms with E-state index in [0.29, 0.717) is 5.92 Å². The van der Waals surface area contributed by atoms with Crippen molar-refractivity contribution in [2.75, 3.05) is 13.2 Å². The summed E-state index contributed by atoms with van der Waals surface area (Å²) in [6.45, 7) is 8.03. The molecule has 1 aromatic rings. The third-order valence-corrected chi connectivity index (χ3v) is 4.88. The maximum absolute atomic E-state index is 6.11. The van der Waals surface area contributed by atoms with E-state index in [1.807, 2.05) is 6.92 Å². The molecule has 1 aliphatic rings. The Bertz CT molecular complexity index is 429. The molecule has 1 aromatic carbocycles. The molecular weight excluding hydrogens is 246 g/mol. The molecule has 1 aliphatic carbocycles. The van der Waals surface area contributed by atoms with Crippen LogP contribution in [0.4, 0.5) is 0 Å². The summed E-state index contributed by atoms with van der Waals surface area (Å²) in [4.78, 5) is 0. The topological polar surface area (TPSA) is 35.2 Å². The van der Waals surface area contributed by atoms with Crippen LogP contribution in [-0.4, -0.2) is 13.2 Å². The monoisotopic (exact) mass is 275 g/mol. The quantitative estimate of drug-likeness (QED) is 0.871. The van der Waals surface area contributed by atoms with Crippen molar-refractivity contribution in [2.24, 2.45) is 17.6 Å². The van der Waals surface area contributed by atoms with Crippen molar-refractivity contribution in [3.63, 3.8) is 0 Å². The van der Waals surface area contributed by atoms with Gasteiger partial charge in [0.05, 0.1) is 6.61 Å². The van der Waals surface area contributed by atoms with Crippen LogP contribution < -0.4 is 10.5 Å². The number of hydrogen-bond donors (Lipinski definition) is 1. The van der Waals surface area contributed by atoms with E-state index < -0.39 is 0 Å². The molecule has 2 nitrogen and oxygen atoms in total. The Morgan fingerprint density at radius 2 is 2.05 bits per heavy atom. The molecule has 0 aliphatic heterocycles. The third-order valence-electron chi connectivity index (χ3n) is 4.88. The molecule has 3 atom stereocenters. The SMILES string of the molecule is CCOc1ccc(C(CN)C2CCCCC2C)cc1C. The molecule has 1 fully saturated rings. The molecule has 0 spiro atoms. The fraction of sp³-hybridized carbons (Fsp3) is 0.667. The lowest BCUT2D eigenvalue weighted by Gasteiger charge is -2.35. The fourth-order valence-electron chi connectivity index (χ4n) is 3.72. The van der Waals surface area contributed by atoms with E-state index in [1.165, 1.54) is 36.8 Å². The van der Waals surface area contributed by atoms with Crippen LogP contribution in [0, 0.1) is 18.8 Å². The molecule has 2 rings (SSSR count). The molecule has 0 saturated heterocycles. The van der Waals surface area contributed by atoms with Crippen molar-refractivity contribution >= 4 is 0 Å². The van der Waals surface area contributed by atoms with Crippen LogP contribution in [0.1, 0.15) is 56.6 Å². The zero-order chi connectivity index (χ0) is 14.5. The highest BCUT2D eigenvalue weighted by atomic mass is 16.5. The van der Waals surface area contributed by atoms with Gasteiger partial charge in [0.15, 0.2) is 0 Å². The maximum atomic E-state index is 6.11. The van der Waals surface area contributed by atoms with Gasteiger partial charge in [0.2, 0.25) is 0 Å². The molecule has 1 saturated carbocycles. The number of nitrogens with two attached hydrogens (primary N) is 1. The Kier molecular flexibility index (Phi) is 5.47. The van der Waals surface area contributed by atoms with Gasteiger partial charge in [-0.2, -0.15) is 0 Å². The van der Waals surface area contributed by atoms with Gasteiger partial charge >= 0.3 is 0 Å². The van der Waals surface area contributed by atoms with Crippen LogP contribution in [0.2, 0.25) is 0 Å². The van der Waals surface area contributed by atoms with E-state index in [1.54, 1.807) is 0 Å². The van der Waals surface area contributed by atoms with Gasteiger partial charge in [-0.3, -0.25) is 0 Å². The standard InChI is InChI=1S/C18H29NO/c1-4-20-18-10-9-15(11-14(18)3)17(12-19)16-8-6-5-7-13(16)2/h9-11,13,16-17H,4-8,12,19H2,1-3H3. The van der Waals surface area contributed by atoms with Crippen LogP contribution in [-0.2, 0) is 0 Å². The van der Waals surface area contributed by atoms with Crippen LogP contribution in [0.25, 0.3) is 0 Å². The first-order chi connectivity index (χ1) is 9.67. The average molecular weight is 275 g/mol. The van der Waals surface area contributed by atoms with Crippen molar-refractivity contribution in [1.82, 2.24) is 0 Å². The maximum Gasteiger partial charge on any atom is 0.122 e. The smallest absolute Gasteiger partial charge is 0.122 e. The highest BCUT2D eigenvalue weighted by Crippen LogP contribution is 2.40. The minimum atomic E-state index is 0.500. The first kappa shape index (κ1) is 15.4. The van der Waals surface area contributed by atoms with Crippen molar-refractivity contribution < 1.29 is 4.74 Å². The van der Waals surface area contributed by atoms with E-state index >= 15 is 0 Å². The van der Waals surface area contributed by atoms with Gasteiger partial charge in [0.1, 0.15) is 5.75 Å². The second kappa shape index (κ2) is 7.12. The summed E-state index contributed by atoms with van der Waals surface area (Å²) in [6.07, 6.45) is 5.44. The lowest BCUT2D eigenvalue weighted by atomic mass is 9.71. The van der Waals surface area contributed by atoms with E-state index in [4.69, 9.17) is 10.5 Å². The van der Waals surface area contributed by atoms with Crippen LogP contribution in [0.3, 0.4) is 0 Å². The molecule has 2 heteroatoms. The molecule has 2 N–H and O–H groups in total. The molecule has 0 bridgehead atoms. The lowest BCUT2D eigenvalue weighted by Crippen LogP contribution is -2.28. The number of benzene rings is 1. The van der Waals surface area contributed by atoms with Gasteiger partial charge < -0.3 is 10.5 Å². The molecule has 112 valence electrons. The second-order valence-electron chi connectivity index (χ2n) is 6.23. The molecule has 0 radical (unpaired) electrons. The Hall–Kier alpha value is -1.02. The predicted molar refractivity (Wildman–Crippen MR) is 85.3 cm³/mol. The van der Waals surface area contributed by atoms with Gasteiger partial charge in [0.25, 0.3) is 0 Å². The van der Waals surface area contributed by atoms with Crippen molar-refractivity contribution in [2.45, 2.75) is 52.4 Å². The summed E-state index contributed by atoms with van der Waals surface area (Å²) >= 11 is 0. The third kappa shape index (κ3) is 3.35. The van der Waals surface area contributed by atoms with Crippen LogP contribution in [0.5, 0.6) is 5.75 Å². The Morgan fingerprint density at radius 3 is 2.65 bits per heavy atom. The number of rotatable bonds is 5. The second-order valence-corrected chi connectivity index (χ2v) is 6.23. The Morgan fingerprint density at radius 1 is 1.30 bits per heavy atom. The summed E-state index contributed by atoms with van der Waals surface area (Å²) in [5.41, 5.74) is 8.74. The minimum Gasteiger partial charge on any atom is -0.494 e. The number of hydrogen-bond acceptors (Lipinski definition) is 2. The first-order valence-electron chi connectivity index (χ1n) is 8.10. The molecule has 0 amide bonds. The van der Waals surface area contributed by atoms with Gasteiger partial charge in [-0.25, -0.2) is 0 Å². The Balaban J connectivity index is 2.20. The molecule has 20 heavy (non-hydrogen) atoms. The summed E-state index contributed by atoms with van der Waals surface area (Å²) in [7, 11) is 0. The Labute approximate surface area is 123 Å². The van der Waals surface area contributed by atoms with Crippen molar-refractivity contribution in [3.05, 3.63) is 29.3 Å². The zero-order valence-electron chi connectivity index (χ0n) is 13.2. The first-order valence-corrected chi connectivity index (χ1v) is 8.10. The highest BCUT2D eigenvalue weighted by Gasteiger charge is 2.29. The molecule has 0 heterocycles. The molecule has 3 unspecified atom stereocenters. The van der Waals surface area contributed by atoms with E-state index in [2.05, 4.69) is 32.0 Å². The normalized spacial score (nSPS) is 24.4. The highest BCUT2D eigenvalue weighted by molar-refractivity contribution is 5.38. The number of ether oxygens (including phenoxy) is 1. The fourth-order valence-corrected chi connectivity index (χ4v) is 3.72. The van der Waals surface area contributed by atoms with E-state index in [-0.39, 0.29) is 0 Å². The zero-order valence-corrected chi connectivity index (χ0v) is 13.2. The van der Waals surface area contributed by atoms with Gasteiger partial charge in [-0.05, 0) is 61.8 Å². The average Bonchev–Trinajstić information content (AvgIpc) is 2.45. The molecule has 0 aromatic heterocycles. The summed E-state index contributed by atoms with van der Waals surface area (Å²) in [6, 6.07) is 6.62. The summed E-state index contributed by atoms with van der Waals surface area (Å²) in [5, 5.41) is 0. The van der Waals surface area contributed by atoms with Crippen LogP contribution in [0.15, 0.2) is 18.2 Å². The predicted octanol–water partition coefficient (Wildman–Crippen LogP) is 4.26. The lowest BCUT2D eigenvalue weighted by molar-refractivity contribution is 0.218. The van der Waals surface area contributed by atoms with Crippen molar-refractivity contribution in [3.8, 4) is 5.75 Å². The van der Waals surface area contributed by atoms with Gasteiger partial charge in [-0.15, -0.1) is 0 Å². The van der Waals surface area contributed by atoms with Gasteiger partial charge in [-0.1, -0.05) is 38.3 Å². The van der Waals surface area contributed by atoms with Crippen molar-refractivity contribution in [1.29, 1.82) is 0 Å².